The third-order valence-electron chi connectivity index (χ3n) is 3.18. The second-order valence-corrected chi connectivity index (χ2v) is 4.36. The van der Waals surface area contributed by atoms with Gasteiger partial charge in [0, 0.05) is 12.3 Å². The molecule has 94 valence electrons. The van der Waals surface area contributed by atoms with Crippen LogP contribution in [0.5, 0.6) is 11.6 Å². The predicted molar refractivity (Wildman–Crippen MR) is 74.1 cm³/mol. The monoisotopic (exact) mass is 241 g/mol. The van der Waals surface area contributed by atoms with E-state index in [1.54, 1.807) is 6.20 Å². The van der Waals surface area contributed by atoms with E-state index in [1.165, 1.54) is 5.56 Å². The van der Waals surface area contributed by atoms with Crippen LogP contribution < -0.4 is 4.74 Å². The van der Waals surface area contributed by atoms with Crippen LogP contribution in [-0.4, -0.2) is 4.98 Å². The highest BCUT2D eigenvalue weighted by Crippen LogP contribution is 2.27. The molecular weight excluding hydrogens is 222 g/mol. The molecule has 0 aliphatic heterocycles. The van der Waals surface area contributed by atoms with Crippen molar-refractivity contribution in [3.8, 4) is 11.6 Å². The Labute approximate surface area is 109 Å². The van der Waals surface area contributed by atoms with E-state index in [-0.39, 0.29) is 0 Å². The maximum atomic E-state index is 5.75. The Morgan fingerprint density at radius 1 is 1.06 bits per heavy atom. The zero-order valence-corrected chi connectivity index (χ0v) is 11.0. The molecule has 0 saturated heterocycles. The molecular formula is C16H19NO. The number of rotatable bonds is 5. The third-order valence-corrected chi connectivity index (χ3v) is 3.18. The van der Waals surface area contributed by atoms with E-state index < -0.39 is 0 Å². The molecule has 1 heterocycles. The molecule has 0 atom stereocenters. The SMILES string of the molecule is CCC(CC)c1cccc(Oc2ccccn2)c1. The van der Waals surface area contributed by atoms with E-state index in [4.69, 9.17) is 4.74 Å². The maximum Gasteiger partial charge on any atom is 0.219 e. The lowest BCUT2D eigenvalue weighted by molar-refractivity contribution is 0.461. The molecule has 2 heteroatoms. The number of pyridine rings is 1. The number of benzene rings is 1. The molecule has 18 heavy (non-hydrogen) atoms. The van der Waals surface area contributed by atoms with Gasteiger partial charge in [-0.15, -0.1) is 0 Å². The topological polar surface area (TPSA) is 22.1 Å². The fourth-order valence-corrected chi connectivity index (χ4v) is 2.12. The van der Waals surface area contributed by atoms with Gasteiger partial charge in [-0.05, 0) is 42.5 Å². The minimum absolute atomic E-state index is 0.609. The van der Waals surface area contributed by atoms with Crippen LogP contribution in [0.3, 0.4) is 0 Å². The van der Waals surface area contributed by atoms with E-state index in [0.717, 1.165) is 18.6 Å². The van der Waals surface area contributed by atoms with Gasteiger partial charge in [-0.1, -0.05) is 32.0 Å². The Bertz CT molecular complexity index is 477. The fourth-order valence-electron chi connectivity index (χ4n) is 2.12. The molecule has 0 aliphatic rings. The predicted octanol–water partition coefficient (Wildman–Crippen LogP) is 4.78. The summed E-state index contributed by atoms with van der Waals surface area (Å²) < 4.78 is 5.75. The van der Waals surface area contributed by atoms with E-state index in [0.29, 0.717) is 11.8 Å². The molecule has 0 bridgehead atoms. The van der Waals surface area contributed by atoms with Gasteiger partial charge in [0.15, 0.2) is 0 Å². The summed E-state index contributed by atoms with van der Waals surface area (Å²) >= 11 is 0. The zero-order chi connectivity index (χ0) is 12.8. The largest absolute Gasteiger partial charge is 0.439 e. The van der Waals surface area contributed by atoms with Gasteiger partial charge < -0.3 is 4.74 Å². The van der Waals surface area contributed by atoms with Crippen molar-refractivity contribution in [2.24, 2.45) is 0 Å². The third kappa shape index (κ3) is 3.10. The lowest BCUT2D eigenvalue weighted by atomic mass is 9.94. The normalized spacial score (nSPS) is 10.6. The average molecular weight is 241 g/mol. The lowest BCUT2D eigenvalue weighted by Crippen LogP contribution is -1.96. The summed E-state index contributed by atoms with van der Waals surface area (Å²) in [7, 11) is 0. The molecule has 0 saturated carbocycles. The first-order valence-corrected chi connectivity index (χ1v) is 6.52. The summed E-state index contributed by atoms with van der Waals surface area (Å²) in [5.41, 5.74) is 1.34. The summed E-state index contributed by atoms with van der Waals surface area (Å²) in [6, 6.07) is 14.0. The Kier molecular flexibility index (Phi) is 4.35. The molecule has 2 rings (SSSR count). The van der Waals surface area contributed by atoms with Crippen LogP contribution >= 0.6 is 0 Å². The molecule has 0 unspecified atom stereocenters. The lowest BCUT2D eigenvalue weighted by Gasteiger charge is -2.14. The second-order valence-electron chi connectivity index (χ2n) is 4.36. The zero-order valence-electron chi connectivity index (χ0n) is 11.0. The molecule has 0 aliphatic carbocycles. The molecule has 1 aromatic heterocycles. The maximum absolute atomic E-state index is 5.75. The van der Waals surface area contributed by atoms with E-state index >= 15 is 0 Å². The smallest absolute Gasteiger partial charge is 0.219 e. The molecule has 0 N–H and O–H groups in total. The van der Waals surface area contributed by atoms with E-state index in [9.17, 15) is 0 Å². The first-order chi connectivity index (χ1) is 8.83. The van der Waals surface area contributed by atoms with Crippen molar-refractivity contribution in [1.29, 1.82) is 0 Å². The van der Waals surface area contributed by atoms with E-state index in [1.807, 2.05) is 30.3 Å². The highest BCUT2D eigenvalue weighted by molar-refractivity contribution is 5.33. The Morgan fingerprint density at radius 3 is 2.56 bits per heavy atom. The van der Waals surface area contributed by atoms with Gasteiger partial charge in [0.2, 0.25) is 5.88 Å². The van der Waals surface area contributed by atoms with Crippen molar-refractivity contribution in [3.05, 3.63) is 54.2 Å². The van der Waals surface area contributed by atoms with Gasteiger partial charge in [-0.3, -0.25) is 0 Å². The van der Waals surface area contributed by atoms with Crippen LogP contribution in [0.1, 0.15) is 38.2 Å². The van der Waals surface area contributed by atoms with Crippen LogP contribution in [0.25, 0.3) is 0 Å². The average Bonchev–Trinajstić information content (AvgIpc) is 2.42. The van der Waals surface area contributed by atoms with Gasteiger partial charge in [-0.25, -0.2) is 4.98 Å². The second kappa shape index (κ2) is 6.20. The van der Waals surface area contributed by atoms with Gasteiger partial charge in [0.1, 0.15) is 5.75 Å². The van der Waals surface area contributed by atoms with Crippen molar-refractivity contribution in [2.75, 3.05) is 0 Å². The highest BCUT2D eigenvalue weighted by Gasteiger charge is 2.08. The summed E-state index contributed by atoms with van der Waals surface area (Å²) in [5, 5.41) is 0. The molecule has 1 aromatic carbocycles. The quantitative estimate of drug-likeness (QED) is 0.751. The van der Waals surface area contributed by atoms with Crippen molar-refractivity contribution in [1.82, 2.24) is 4.98 Å². The van der Waals surface area contributed by atoms with Crippen LogP contribution in [0.4, 0.5) is 0 Å². The standard InChI is InChI=1S/C16H19NO/c1-3-13(4-2)14-8-7-9-15(12-14)18-16-10-5-6-11-17-16/h5-13H,3-4H2,1-2H3. The summed E-state index contributed by atoms with van der Waals surface area (Å²) in [4.78, 5) is 4.17. The van der Waals surface area contributed by atoms with Crippen molar-refractivity contribution < 1.29 is 4.74 Å². The van der Waals surface area contributed by atoms with Gasteiger partial charge in [-0.2, -0.15) is 0 Å². The minimum atomic E-state index is 0.609. The number of hydrogen-bond donors (Lipinski definition) is 0. The first kappa shape index (κ1) is 12.6. The molecule has 0 spiro atoms. The summed E-state index contributed by atoms with van der Waals surface area (Å²) in [6.07, 6.45) is 4.05. The fraction of sp³-hybridized carbons (Fsp3) is 0.312. The van der Waals surface area contributed by atoms with Gasteiger partial charge >= 0.3 is 0 Å². The molecule has 2 aromatic rings. The Hall–Kier alpha value is -1.83. The molecule has 0 fully saturated rings. The Morgan fingerprint density at radius 2 is 1.89 bits per heavy atom. The van der Waals surface area contributed by atoms with E-state index in [2.05, 4.69) is 31.0 Å². The van der Waals surface area contributed by atoms with Crippen molar-refractivity contribution in [2.45, 2.75) is 32.6 Å². The first-order valence-electron chi connectivity index (χ1n) is 6.52. The Balaban J connectivity index is 2.17. The van der Waals surface area contributed by atoms with Crippen molar-refractivity contribution in [3.63, 3.8) is 0 Å². The number of nitrogens with zero attached hydrogens (tertiary/aromatic N) is 1. The summed E-state index contributed by atoms with van der Waals surface area (Å²) in [6.45, 7) is 4.45. The molecule has 0 amide bonds. The summed E-state index contributed by atoms with van der Waals surface area (Å²) in [5.74, 6) is 2.11. The molecule has 0 radical (unpaired) electrons. The molecule has 2 nitrogen and oxygen atoms in total. The number of aromatic nitrogens is 1. The van der Waals surface area contributed by atoms with Crippen molar-refractivity contribution >= 4 is 0 Å². The van der Waals surface area contributed by atoms with Crippen LogP contribution in [-0.2, 0) is 0 Å². The van der Waals surface area contributed by atoms with Gasteiger partial charge in [0.25, 0.3) is 0 Å². The number of hydrogen-bond acceptors (Lipinski definition) is 2. The van der Waals surface area contributed by atoms with Gasteiger partial charge in [0.05, 0.1) is 0 Å². The highest BCUT2D eigenvalue weighted by atomic mass is 16.5. The minimum Gasteiger partial charge on any atom is -0.439 e. The number of ether oxygens (including phenoxy) is 1. The van der Waals surface area contributed by atoms with Crippen LogP contribution in [0.15, 0.2) is 48.7 Å². The van der Waals surface area contributed by atoms with Crippen LogP contribution in [0.2, 0.25) is 0 Å². The van der Waals surface area contributed by atoms with Crippen LogP contribution in [0, 0.1) is 0 Å².